The number of benzene rings is 1. The minimum absolute atomic E-state index is 0.202. The van der Waals surface area contributed by atoms with Gasteiger partial charge in [-0.2, -0.15) is 0 Å². The molecule has 1 N–H and O–H groups in total. The van der Waals surface area contributed by atoms with E-state index < -0.39 is 0 Å². The van der Waals surface area contributed by atoms with E-state index in [-0.39, 0.29) is 12.0 Å². The summed E-state index contributed by atoms with van der Waals surface area (Å²) in [6.45, 7) is 11.2. The smallest absolute Gasteiger partial charge is 0.0471 e. The van der Waals surface area contributed by atoms with Gasteiger partial charge in [0, 0.05) is 6.61 Å². The van der Waals surface area contributed by atoms with Crippen molar-refractivity contribution in [1.82, 2.24) is 0 Å². The van der Waals surface area contributed by atoms with Crippen LogP contribution in [0.5, 0.6) is 0 Å². The lowest BCUT2D eigenvalue weighted by atomic mass is 9.83. The lowest BCUT2D eigenvalue weighted by molar-refractivity contribution is 0.299. The van der Waals surface area contributed by atoms with E-state index in [0.29, 0.717) is 0 Å². The van der Waals surface area contributed by atoms with Gasteiger partial charge in [0.1, 0.15) is 0 Å². The van der Waals surface area contributed by atoms with Crippen LogP contribution in [-0.4, -0.2) is 11.7 Å². The highest BCUT2D eigenvalue weighted by Crippen LogP contribution is 2.26. The molecule has 0 fully saturated rings. The van der Waals surface area contributed by atoms with Crippen LogP contribution in [0.1, 0.15) is 43.0 Å². The summed E-state index contributed by atoms with van der Waals surface area (Å²) in [5, 5.41) is 9.00. The monoisotopic (exact) mass is 206 g/mol. The van der Waals surface area contributed by atoms with E-state index in [2.05, 4.69) is 46.8 Å². The number of aliphatic hydroxyl groups excluding tert-OH is 1. The molecular weight excluding hydrogens is 184 g/mol. The van der Waals surface area contributed by atoms with Crippen LogP contribution < -0.4 is 0 Å². The molecule has 1 nitrogen and oxygen atoms in total. The minimum atomic E-state index is 0.202. The van der Waals surface area contributed by atoms with Gasteiger partial charge in [0.05, 0.1) is 0 Å². The fourth-order valence-electron chi connectivity index (χ4n) is 1.93. The molecule has 15 heavy (non-hydrogen) atoms. The summed E-state index contributed by atoms with van der Waals surface area (Å²) < 4.78 is 0. The van der Waals surface area contributed by atoms with E-state index in [4.69, 9.17) is 5.11 Å². The highest BCUT2D eigenvalue weighted by Gasteiger charge is 2.15. The van der Waals surface area contributed by atoms with Crippen LogP contribution in [0.15, 0.2) is 12.1 Å². The lowest BCUT2D eigenvalue weighted by Crippen LogP contribution is -2.12. The molecule has 0 aromatic heterocycles. The van der Waals surface area contributed by atoms with Gasteiger partial charge in [0.25, 0.3) is 0 Å². The number of rotatable bonds is 2. The van der Waals surface area contributed by atoms with Crippen LogP contribution in [0.2, 0.25) is 0 Å². The van der Waals surface area contributed by atoms with E-state index in [9.17, 15) is 0 Å². The van der Waals surface area contributed by atoms with Gasteiger partial charge in [-0.25, -0.2) is 0 Å². The van der Waals surface area contributed by atoms with Crippen LogP contribution in [0.4, 0.5) is 0 Å². The highest BCUT2D eigenvalue weighted by molar-refractivity contribution is 5.40. The second kappa shape index (κ2) is 4.36. The molecule has 1 aromatic rings. The predicted octanol–water partition coefficient (Wildman–Crippen LogP) is 3.14. The molecular formula is C14H22O. The van der Waals surface area contributed by atoms with Crippen LogP contribution in [0.25, 0.3) is 0 Å². The molecule has 0 heterocycles. The van der Waals surface area contributed by atoms with E-state index in [1.54, 1.807) is 0 Å². The van der Waals surface area contributed by atoms with Crippen LogP contribution in [0.3, 0.4) is 0 Å². The highest BCUT2D eigenvalue weighted by atomic mass is 16.2. The van der Waals surface area contributed by atoms with Crippen molar-refractivity contribution in [3.8, 4) is 0 Å². The van der Waals surface area contributed by atoms with Gasteiger partial charge in [0.15, 0.2) is 0 Å². The van der Waals surface area contributed by atoms with Crippen LogP contribution in [0, 0.1) is 13.8 Å². The molecule has 0 radical (unpaired) electrons. The Morgan fingerprint density at radius 1 is 1.07 bits per heavy atom. The molecule has 0 saturated carbocycles. The molecule has 0 aliphatic heterocycles. The van der Waals surface area contributed by atoms with Crippen molar-refractivity contribution in [2.45, 2.75) is 46.5 Å². The second-order valence-electron chi connectivity index (χ2n) is 5.31. The topological polar surface area (TPSA) is 20.2 Å². The molecule has 0 bridgehead atoms. The van der Waals surface area contributed by atoms with Crippen molar-refractivity contribution in [2.24, 2.45) is 0 Å². The fourth-order valence-corrected chi connectivity index (χ4v) is 1.93. The number of aryl methyl sites for hydroxylation is 2. The third-order valence-corrected chi connectivity index (χ3v) is 2.92. The van der Waals surface area contributed by atoms with Gasteiger partial charge in [-0.05, 0) is 47.9 Å². The number of aliphatic hydroxyl groups is 1. The molecule has 0 aliphatic carbocycles. The predicted molar refractivity (Wildman–Crippen MR) is 65.4 cm³/mol. The molecule has 1 heteroatoms. The Labute approximate surface area is 93.1 Å². The Balaban J connectivity index is 3.19. The Hall–Kier alpha value is -0.820. The summed E-state index contributed by atoms with van der Waals surface area (Å²) in [6.07, 6.45) is 0.766. The summed E-state index contributed by atoms with van der Waals surface area (Å²) in [5.74, 6) is 0. The Bertz CT molecular complexity index is 322. The second-order valence-corrected chi connectivity index (χ2v) is 5.31. The fraction of sp³-hybridized carbons (Fsp3) is 0.571. The Morgan fingerprint density at radius 3 is 1.87 bits per heavy atom. The molecule has 84 valence electrons. The van der Waals surface area contributed by atoms with Gasteiger partial charge >= 0.3 is 0 Å². The van der Waals surface area contributed by atoms with Gasteiger partial charge in [-0.15, -0.1) is 0 Å². The zero-order chi connectivity index (χ0) is 11.6. The zero-order valence-electron chi connectivity index (χ0n) is 10.5. The quantitative estimate of drug-likeness (QED) is 0.788. The molecule has 0 aliphatic rings. The summed E-state index contributed by atoms with van der Waals surface area (Å²) in [6, 6.07) is 4.50. The lowest BCUT2D eigenvalue weighted by Gasteiger charge is -2.22. The molecule has 0 unspecified atom stereocenters. The van der Waals surface area contributed by atoms with E-state index >= 15 is 0 Å². The maximum atomic E-state index is 9.00. The summed E-state index contributed by atoms with van der Waals surface area (Å²) in [5.41, 5.74) is 5.47. The third-order valence-electron chi connectivity index (χ3n) is 2.92. The zero-order valence-corrected chi connectivity index (χ0v) is 10.5. The minimum Gasteiger partial charge on any atom is -0.396 e. The molecule has 0 spiro atoms. The first-order valence-corrected chi connectivity index (χ1v) is 5.57. The third kappa shape index (κ3) is 2.82. The molecule has 0 atom stereocenters. The summed E-state index contributed by atoms with van der Waals surface area (Å²) >= 11 is 0. The van der Waals surface area contributed by atoms with Gasteiger partial charge < -0.3 is 5.11 Å². The first-order valence-electron chi connectivity index (χ1n) is 5.57. The van der Waals surface area contributed by atoms with Crippen molar-refractivity contribution in [2.75, 3.05) is 6.61 Å². The number of hydrogen-bond donors (Lipinski definition) is 1. The van der Waals surface area contributed by atoms with Crippen molar-refractivity contribution >= 4 is 0 Å². The SMILES string of the molecule is Cc1cc(C(C)(C)C)cc(C)c1CCO. The molecule has 1 rings (SSSR count). The molecule has 1 aromatic carbocycles. The maximum absolute atomic E-state index is 9.00. The van der Waals surface area contributed by atoms with E-state index in [1.165, 1.54) is 22.3 Å². The largest absolute Gasteiger partial charge is 0.396 e. The van der Waals surface area contributed by atoms with E-state index in [0.717, 1.165) is 6.42 Å². The van der Waals surface area contributed by atoms with Crippen molar-refractivity contribution in [3.05, 3.63) is 34.4 Å². The standard InChI is InChI=1S/C14H22O/c1-10-8-12(14(3,4)5)9-11(2)13(10)6-7-15/h8-9,15H,6-7H2,1-5H3. The number of hydrogen-bond acceptors (Lipinski definition) is 1. The van der Waals surface area contributed by atoms with Gasteiger partial charge in [-0.1, -0.05) is 32.9 Å². The Morgan fingerprint density at radius 2 is 1.53 bits per heavy atom. The molecule has 0 saturated heterocycles. The Kier molecular flexibility index (Phi) is 3.56. The van der Waals surface area contributed by atoms with Crippen molar-refractivity contribution < 1.29 is 5.11 Å². The van der Waals surface area contributed by atoms with Crippen molar-refractivity contribution in [3.63, 3.8) is 0 Å². The van der Waals surface area contributed by atoms with Gasteiger partial charge in [-0.3, -0.25) is 0 Å². The van der Waals surface area contributed by atoms with Crippen LogP contribution >= 0.6 is 0 Å². The average molecular weight is 206 g/mol. The van der Waals surface area contributed by atoms with Crippen molar-refractivity contribution in [1.29, 1.82) is 0 Å². The summed E-state index contributed by atoms with van der Waals surface area (Å²) in [7, 11) is 0. The van der Waals surface area contributed by atoms with Crippen LogP contribution in [-0.2, 0) is 11.8 Å². The average Bonchev–Trinajstić information content (AvgIpc) is 2.09. The molecule has 0 amide bonds. The summed E-state index contributed by atoms with van der Waals surface area (Å²) in [4.78, 5) is 0. The first-order chi connectivity index (χ1) is 6.86. The van der Waals surface area contributed by atoms with E-state index in [1.807, 2.05) is 0 Å². The maximum Gasteiger partial charge on any atom is 0.0471 e. The normalized spacial score (nSPS) is 11.9. The first kappa shape index (κ1) is 12.3. The van der Waals surface area contributed by atoms with Gasteiger partial charge in [0.2, 0.25) is 0 Å².